The van der Waals surface area contributed by atoms with E-state index in [1.165, 1.54) is 5.56 Å². The molecule has 0 radical (unpaired) electrons. The van der Waals surface area contributed by atoms with Gasteiger partial charge in [-0.25, -0.2) is 0 Å². The fourth-order valence-corrected chi connectivity index (χ4v) is 3.15. The van der Waals surface area contributed by atoms with E-state index < -0.39 is 0 Å². The van der Waals surface area contributed by atoms with Crippen LogP contribution in [0.2, 0.25) is 0 Å². The van der Waals surface area contributed by atoms with Gasteiger partial charge in [0.1, 0.15) is 0 Å². The molecule has 0 N–H and O–H groups in total. The number of nitrogens with zero attached hydrogens (tertiary/aromatic N) is 2. The molecule has 21 heavy (non-hydrogen) atoms. The number of rotatable bonds is 3. The summed E-state index contributed by atoms with van der Waals surface area (Å²) in [6.45, 7) is 6.44. The summed E-state index contributed by atoms with van der Waals surface area (Å²) in [7, 11) is 0. The molecular weight excluding hydrogens is 284 g/mol. The molecule has 1 heterocycles. The lowest BCUT2D eigenvalue weighted by atomic mass is 10.2. The average molecular weight is 306 g/mol. The summed E-state index contributed by atoms with van der Waals surface area (Å²) in [5.41, 5.74) is 1.22. The van der Waals surface area contributed by atoms with Gasteiger partial charge in [0.2, 0.25) is 11.8 Å². The van der Waals surface area contributed by atoms with E-state index in [9.17, 15) is 9.59 Å². The van der Waals surface area contributed by atoms with Crippen LogP contribution in [0.15, 0.2) is 29.2 Å². The highest BCUT2D eigenvalue weighted by atomic mass is 32.2. The Labute approximate surface area is 130 Å². The summed E-state index contributed by atoms with van der Waals surface area (Å²) in [6.07, 6.45) is 0.862. The fourth-order valence-electron chi connectivity index (χ4n) is 2.35. The number of hydrogen-bond donors (Lipinski definition) is 0. The summed E-state index contributed by atoms with van der Waals surface area (Å²) in [5.74, 6) is 0.715. The largest absolute Gasteiger partial charge is 0.341 e. The van der Waals surface area contributed by atoms with Crippen molar-refractivity contribution in [1.82, 2.24) is 9.80 Å². The first-order chi connectivity index (χ1) is 10.1. The second kappa shape index (κ2) is 7.50. The van der Waals surface area contributed by atoms with Gasteiger partial charge < -0.3 is 9.80 Å². The highest BCUT2D eigenvalue weighted by Crippen LogP contribution is 2.19. The lowest BCUT2D eigenvalue weighted by Gasteiger charge is -2.21. The Kier molecular flexibility index (Phi) is 5.67. The molecule has 1 saturated heterocycles. The SMILES string of the molecule is CC(=O)N1CCCN(C(=O)CSc2ccc(C)cc2)CC1. The van der Waals surface area contributed by atoms with Crippen molar-refractivity contribution in [2.45, 2.75) is 25.2 Å². The maximum absolute atomic E-state index is 12.3. The fraction of sp³-hybridized carbons (Fsp3) is 0.500. The highest BCUT2D eigenvalue weighted by molar-refractivity contribution is 8.00. The van der Waals surface area contributed by atoms with E-state index in [0.29, 0.717) is 18.8 Å². The molecule has 0 bridgehead atoms. The first kappa shape index (κ1) is 15.9. The topological polar surface area (TPSA) is 40.6 Å². The molecule has 2 amide bonds. The Morgan fingerprint density at radius 2 is 1.67 bits per heavy atom. The van der Waals surface area contributed by atoms with E-state index in [1.54, 1.807) is 18.7 Å². The number of aryl methyl sites for hydroxylation is 1. The van der Waals surface area contributed by atoms with E-state index in [2.05, 4.69) is 19.1 Å². The number of hydrogen-bond acceptors (Lipinski definition) is 3. The van der Waals surface area contributed by atoms with E-state index in [0.717, 1.165) is 24.4 Å². The third-order valence-corrected chi connectivity index (χ3v) is 4.67. The summed E-state index contributed by atoms with van der Waals surface area (Å²) in [5, 5.41) is 0. The van der Waals surface area contributed by atoms with Gasteiger partial charge in [0.15, 0.2) is 0 Å². The standard InChI is InChI=1S/C16H22N2O2S/c1-13-4-6-15(7-5-13)21-12-16(20)18-9-3-8-17(10-11-18)14(2)19/h4-7H,3,8-12H2,1-2H3. The van der Waals surface area contributed by atoms with Crippen molar-refractivity contribution < 1.29 is 9.59 Å². The second-order valence-corrected chi connectivity index (χ2v) is 6.39. The molecule has 0 atom stereocenters. The van der Waals surface area contributed by atoms with Crippen LogP contribution in [0, 0.1) is 6.92 Å². The zero-order valence-corrected chi connectivity index (χ0v) is 13.5. The molecule has 2 rings (SSSR count). The summed E-state index contributed by atoms with van der Waals surface area (Å²) < 4.78 is 0. The van der Waals surface area contributed by atoms with E-state index >= 15 is 0 Å². The first-order valence-corrected chi connectivity index (χ1v) is 8.27. The molecule has 1 aromatic rings. The number of benzene rings is 1. The lowest BCUT2D eigenvalue weighted by molar-refractivity contribution is -0.130. The smallest absolute Gasteiger partial charge is 0.232 e. The van der Waals surface area contributed by atoms with Crippen LogP contribution in [0.25, 0.3) is 0 Å². The third kappa shape index (κ3) is 4.77. The van der Waals surface area contributed by atoms with Gasteiger partial charge in [0.25, 0.3) is 0 Å². The number of thioether (sulfide) groups is 1. The summed E-state index contributed by atoms with van der Waals surface area (Å²) in [4.78, 5) is 28.5. The predicted octanol–water partition coefficient (Wildman–Crippen LogP) is 2.17. The average Bonchev–Trinajstić information content (AvgIpc) is 2.72. The molecule has 1 aliphatic heterocycles. The normalized spacial score (nSPS) is 15.7. The third-order valence-electron chi connectivity index (χ3n) is 3.68. The van der Waals surface area contributed by atoms with Crippen LogP contribution >= 0.6 is 11.8 Å². The molecule has 1 fully saturated rings. The van der Waals surface area contributed by atoms with Crippen molar-refractivity contribution in [2.24, 2.45) is 0 Å². The number of carbonyl (C=O) groups excluding carboxylic acids is 2. The minimum absolute atomic E-state index is 0.0957. The van der Waals surface area contributed by atoms with Crippen molar-refractivity contribution in [3.63, 3.8) is 0 Å². The van der Waals surface area contributed by atoms with Crippen LogP contribution < -0.4 is 0 Å². The maximum Gasteiger partial charge on any atom is 0.232 e. The molecular formula is C16H22N2O2S. The van der Waals surface area contributed by atoms with Gasteiger partial charge in [-0.05, 0) is 25.5 Å². The van der Waals surface area contributed by atoms with Gasteiger partial charge in [-0.15, -0.1) is 11.8 Å². The quantitative estimate of drug-likeness (QED) is 0.804. The van der Waals surface area contributed by atoms with Gasteiger partial charge >= 0.3 is 0 Å². The van der Waals surface area contributed by atoms with Crippen molar-refractivity contribution in [3.05, 3.63) is 29.8 Å². The van der Waals surface area contributed by atoms with Crippen molar-refractivity contribution in [3.8, 4) is 0 Å². The summed E-state index contributed by atoms with van der Waals surface area (Å²) in [6, 6.07) is 8.22. The molecule has 1 aliphatic rings. The van der Waals surface area contributed by atoms with Crippen molar-refractivity contribution in [1.29, 1.82) is 0 Å². The van der Waals surface area contributed by atoms with Gasteiger partial charge in [-0.3, -0.25) is 9.59 Å². The minimum atomic E-state index is 0.0957. The number of carbonyl (C=O) groups is 2. The molecule has 5 heteroatoms. The molecule has 1 aromatic carbocycles. The Morgan fingerprint density at radius 3 is 2.33 bits per heavy atom. The molecule has 0 aromatic heterocycles. The van der Waals surface area contributed by atoms with Crippen LogP contribution in [0.5, 0.6) is 0 Å². The molecule has 0 unspecified atom stereocenters. The van der Waals surface area contributed by atoms with Gasteiger partial charge in [0, 0.05) is 38.0 Å². The summed E-state index contributed by atoms with van der Waals surface area (Å²) >= 11 is 1.57. The maximum atomic E-state index is 12.3. The van der Waals surface area contributed by atoms with Crippen molar-refractivity contribution in [2.75, 3.05) is 31.9 Å². The van der Waals surface area contributed by atoms with Crippen LogP contribution in [0.4, 0.5) is 0 Å². The van der Waals surface area contributed by atoms with E-state index in [4.69, 9.17) is 0 Å². The first-order valence-electron chi connectivity index (χ1n) is 7.29. The highest BCUT2D eigenvalue weighted by Gasteiger charge is 2.20. The van der Waals surface area contributed by atoms with Gasteiger partial charge in [-0.2, -0.15) is 0 Å². The van der Waals surface area contributed by atoms with Crippen molar-refractivity contribution >= 4 is 23.6 Å². The Hall–Kier alpha value is -1.49. The van der Waals surface area contributed by atoms with Gasteiger partial charge in [-0.1, -0.05) is 17.7 Å². The monoisotopic (exact) mass is 306 g/mol. The van der Waals surface area contributed by atoms with Crippen LogP contribution in [0.3, 0.4) is 0 Å². The molecule has 0 aliphatic carbocycles. The Balaban J connectivity index is 1.83. The lowest BCUT2D eigenvalue weighted by Crippen LogP contribution is -2.37. The predicted molar refractivity (Wildman–Crippen MR) is 85.4 cm³/mol. The van der Waals surface area contributed by atoms with Crippen LogP contribution in [0.1, 0.15) is 18.9 Å². The number of amides is 2. The van der Waals surface area contributed by atoms with Gasteiger partial charge in [0.05, 0.1) is 5.75 Å². The molecule has 0 spiro atoms. The Bertz CT molecular complexity index is 502. The van der Waals surface area contributed by atoms with E-state index in [1.807, 2.05) is 21.9 Å². The minimum Gasteiger partial charge on any atom is -0.341 e. The zero-order chi connectivity index (χ0) is 15.2. The zero-order valence-electron chi connectivity index (χ0n) is 12.7. The Morgan fingerprint density at radius 1 is 1.05 bits per heavy atom. The van der Waals surface area contributed by atoms with Crippen LogP contribution in [-0.2, 0) is 9.59 Å². The second-order valence-electron chi connectivity index (χ2n) is 5.34. The molecule has 114 valence electrons. The molecule has 0 saturated carbocycles. The molecule has 4 nitrogen and oxygen atoms in total. The van der Waals surface area contributed by atoms with Crippen LogP contribution in [-0.4, -0.2) is 53.5 Å². The van der Waals surface area contributed by atoms with E-state index in [-0.39, 0.29) is 11.8 Å².